The lowest BCUT2D eigenvalue weighted by Crippen LogP contribution is -1.96. The van der Waals surface area contributed by atoms with Gasteiger partial charge in [-0.2, -0.15) is 0 Å². The van der Waals surface area contributed by atoms with Crippen LogP contribution in [0.4, 0.5) is 5.82 Å². The van der Waals surface area contributed by atoms with Crippen molar-refractivity contribution in [2.24, 2.45) is 0 Å². The zero-order valence-corrected chi connectivity index (χ0v) is 8.51. The molecule has 0 saturated carbocycles. The highest BCUT2D eigenvalue weighted by molar-refractivity contribution is 7.99. The summed E-state index contributed by atoms with van der Waals surface area (Å²) in [6.45, 7) is 2.10. The summed E-state index contributed by atoms with van der Waals surface area (Å²) in [4.78, 5) is 8.34. The van der Waals surface area contributed by atoms with Gasteiger partial charge in [-0.1, -0.05) is 23.9 Å². The van der Waals surface area contributed by atoms with E-state index in [1.54, 1.807) is 11.8 Å². The number of aromatic amines is 1. The number of nitrogen functional groups attached to an aromatic ring is 1. The van der Waals surface area contributed by atoms with E-state index in [2.05, 4.69) is 32.3 Å². The van der Waals surface area contributed by atoms with E-state index >= 15 is 0 Å². The number of fused-ring (bicyclic) bond motifs is 1. The summed E-state index contributed by atoms with van der Waals surface area (Å²) in [7, 11) is 0. The molecule has 2 rings (SSSR count). The number of nitrogens with two attached hydrogens (primary N) is 1. The third-order valence-electron chi connectivity index (χ3n) is 1.63. The summed E-state index contributed by atoms with van der Waals surface area (Å²) in [6.07, 6.45) is 1.08. The Morgan fingerprint density at radius 2 is 2.29 bits per heavy atom. The molecule has 0 spiro atoms. The Hall–Kier alpha value is -1.37. The number of hydrogen-bond donors (Lipinski definition) is 2. The van der Waals surface area contributed by atoms with Crippen molar-refractivity contribution in [2.75, 3.05) is 11.5 Å². The smallest absolute Gasteiger partial charge is 0.191 e. The van der Waals surface area contributed by atoms with Crippen molar-refractivity contribution in [2.45, 2.75) is 18.5 Å². The Morgan fingerprint density at radius 3 is 3.07 bits per heavy atom. The monoisotopic (exact) mass is 210 g/mol. The molecule has 0 aromatic carbocycles. The normalized spacial score (nSPS) is 10.9. The van der Waals surface area contributed by atoms with Crippen LogP contribution in [0.2, 0.25) is 0 Å². The molecule has 0 fully saturated rings. The lowest BCUT2D eigenvalue weighted by molar-refractivity contribution is 0.946. The standard InChI is InChI=1S/C7H10N6S/c1-2-3-14-7-9-5(8)4-6(10-7)12-13-11-4/h2-3H2,1H3,(H3,8,9,10,11,12,13). The molecule has 0 aliphatic rings. The maximum Gasteiger partial charge on any atom is 0.191 e. The number of hydrogen-bond acceptors (Lipinski definition) is 6. The van der Waals surface area contributed by atoms with Crippen LogP contribution in [0.25, 0.3) is 11.2 Å². The molecule has 2 aromatic heterocycles. The predicted octanol–water partition coefficient (Wildman–Crippen LogP) is 0.832. The second-order valence-corrected chi connectivity index (χ2v) is 3.81. The van der Waals surface area contributed by atoms with Gasteiger partial charge in [0.05, 0.1) is 0 Å². The summed E-state index contributed by atoms with van der Waals surface area (Å²) < 4.78 is 0. The molecule has 0 saturated heterocycles. The minimum absolute atomic E-state index is 0.377. The molecule has 0 unspecified atom stereocenters. The third kappa shape index (κ3) is 1.63. The largest absolute Gasteiger partial charge is 0.382 e. The number of nitrogens with one attached hydrogen (secondary N) is 1. The maximum absolute atomic E-state index is 5.69. The van der Waals surface area contributed by atoms with Crippen molar-refractivity contribution >= 4 is 28.7 Å². The van der Waals surface area contributed by atoms with E-state index in [1.165, 1.54) is 0 Å². The average molecular weight is 210 g/mol. The molecule has 6 nitrogen and oxygen atoms in total. The van der Waals surface area contributed by atoms with Gasteiger partial charge >= 0.3 is 0 Å². The van der Waals surface area contributed by atoms with Gasteiger partial charge in [0.15, 0.2) is 22.1 Å². The first-order valence-electron chi connectivity index (χ1n) is 4.28. The Kier molecular flexibility index (Phi) is 2.49. The highest BCUT2D eigenvalue weighted by Gasteiger charge is 2.07. The lowest BCUT2D eigenvalue weighted by Gasteiger charge is -1.98. The fraction of sp³-hybridized carbons (Fsp3) is 0.429. The van der Waals surface area contributed by atoms with Crippen LogP contribution in [-0.4, -0.2) is 31.1 Å². The van der Waals surface area contributed by atoms with Crippen molar-refractivity contribution in [1.82, 2.24) is 25.4 Å². The zero-order valence-electron chi connectivity index (χ0n) is 7.69. The van der Waals surface area contributed by atoms with Crippen LogP contribution in [0, 0.1) is 0 Å². The Bertz CT molecular complexity index is 439. The van der Waals surface area contributed by atoms with Crippen LogP contribution >= 0.6 is 11.8 Å². The first-order chi connectivity index (χ1) is 6.81. The summed E-state index contributed by atoms with van der Waals surface area (Å²) >= 11 is 1.58. The Labute approximate surface area is 84.7 Å². The number of thioether (sulfide) groups is 1. The number of nitrogens with zero attached hydrogens (tertiary/aromatic N) is 4. The quantitative estimate of drug-likeness (QED) is 0.575. The van der Waals surface area contributed by atoms with Gasteiger partial charge in [-0.15, -0.1) is 5.10 Å². The second kappa shape index (κ2) is 3.79. The summed E-state index contributed by atoms with van der Waals surface area (Å²) in [5.74, 6) is 1.36. The summed E-state index contributed by atoms with van der Waals surface area (Å²) in [5.41, 5.74) is 6.81. The van der Waals surface area contributed by atoms with Gasteiger partial charge in [-0.05, 0) is 6.42 Å². The van der Waals surface area contributed by atoms with E-state index in [0.29, 0.717) is 22.1 Å². The Balaban J connectivity index is 2.38. The summed E-state index contributed by atoms with van der Waals surface area (Å²) in [6, 6.07) is 0. The highest BCUT2D eigenvalue weighted by atomic mass is 32.2. The molecular weight excluding hydrogens is 200 g/mol. The fourth-order valence-electron chi connectivity index (χ4n) is 1.01. The van der Waals surface area contributed by atoms with Crippen LogP contribution < -0.4 is 5.73 Å². The van der Waals surface area contributed by atoms with Crippen LogP contribution in [0.1, 0.15) is 13.3 Å². The number of aromatic nitrogens is 5. The molecular formula is C7H10N6S. The molecule has 0 bridgehead atoms. The van der Waals surface area contributed by atoms with Crippen molar-refractivity contribution in [1.29, 1.82) is 0 Å². The Morgan fingerprint density at radius 1 is 1.43 bits per heavy atom. The van der Waals surface area contributed by atoms with E-state index in [-0.39, 0.29) is 0 Å². The molecule has 0 radical (unpaired) electrons. The molecule has 2 aromatic rings. The van der Waals surface area contributed by atoms with E-state index in [4.69, 9.17) is 5.73 Å². The number of rotatable bonds is 3. The lowest BCUT2D eigenvalue weighted by atomic mass is 10.5. The molecule has 3 N–H and O–H groups in total. The van der Waals surface area contributed by atoms with Gasteiger partial charge < -0.3 is 5.73 Å². The molecule has 74 valence electrons. The van der Waals surface area contributed by atoms with Crippen molar-refractivity contribution < 1.29 is 0 Å². The SMILES string of the molecule is CCCSc1nc(N)c2nn[nH]c2n1. The summed E-state index contributed by atoms with van der Waals surface area (Å²) in [5, 5.41) is 10.7. The molecule has 14 heavy (non-hydrogen) atoms. The maximum atomic E-state index is 5.69. The van der Waals surface area contributed by atoms with Gasteiger partial charge in [0.25, 0.3) is 0 Å². The van der Waals surface area contributed by atoms with Gasteiger partial charge in [-0.3, -0.25) is 0 Å². The first kappa shape index (κ1) is 9.20. The van der Waals surface area contributed by atoms with Crippen molar-refractivity contribution in [3.8, 4) is 0 Å². The van der Waals surface area contributed by atoms with E-state index in [1.807, 2.05) is 0 Å². The molecule has 0 aliphatic heterocycles. The minimum atomic E-state index is 0.377. The predicted molar refractivity (Wildman–Crippen MR) is 54.9 cm³/mol. The highest BCUT2D eigenvalue weighted by Crippen LogP contribution is 2.19. The van der Waals surface area contributed by atoms with Gasteiger partial charge in [0, 0.05) is 5.75 Å². The fourth-order valence-corrected chi connectivity index (χ4v) is 1.71. The van der Waals surface area contributed by atoms with E-state index in [9.17, 15) is 0 Å². The molecule has 0 amide bonds. The van der Waals surface area contributed by atoms with Crippen molar-refractivity contribution in [3.05, 3.63) is 0 Å². The van der Waals surface area contributed by atoms with Crippen LogP contribution in [0.15, 0.2) is 5.16 Å². The van der Waals surface area contributed by atoms with Crippen LogP contribution in [-0.2, 0) is 0 Å². The van der Waals surface area contributed by atoms with Crippen molar-refractivity contribution in [3.63, 3.8) is 0 Å². The molecule has 7 heteroatoms. The van der Waals surface area contributed by atoms with Gasteiger partial charge in [0.2, 0.25) is 0 Å². The third-order valence-corrected chi connectivity index (χ3v) is 2.68. The molecule has 2 heterocycles. The van der Waals surface area contributed by atoms with Gasteiger partial charge in [0.1, 0.15) is 0 Å². The van der Waals surface area contributed by atoms with Gasteiger partial charge in [-0.25, -0.2) is 15.1 Å². The zero-order chi connectivity index (χ0) is 9.97. The number of anilines is 1. The van der Waals surface area contributed by atoms with E-state index < -0.39 is 0 Å². The van der Waals surface area contributed by atoms with E-state index in [0.717, 1.165) is 12.2 Å². The minimum Gasteiger partial charge on any atom is -0.382 e. The molecule has 0 aliphatic carbocycles. The molecule has 0 atom stereocenters. The number of H-pyrrole nitrogens is 1. The van der Waals surface area contributed by atoms with Crippen LogP contribution in [0.5, 0.6) is 0 Å². The van der Waals surface area contributed by atoms with Crippen LogP contribution in [0.3, 0.4) is 0 Å². The topological polar surface area (TPSA) is 93.4 Å². The average Bonchev–Trinajstić information content (AvgIpc) is 2.63. The first-order valence-corrected chi connectivity index (χ1v) is 5.27. The second-order valence-electron chi connectivity index (χ2n) is 2.75.